The fourth-order valence-electron chi connectivity index (χ4n) is 2.59. The molecule has 1 saturated heterocycles. The lowest BCUT2D eigenvalue weighted by Crippen LogP contribution is -2.50. The van der Waals surface area contributed by atoms with E-state index in [0.29, 0.717) is 24.2 Å². The standard InChI is InChI=1S/C15H18N4O2/c16-9-11-4-3-5-12(8-11)14(20)19-7-2-1-6-13(19)10-18-15(17)21/h3-5,8,13H,1-2,6-7,10H2,(H3,17,18,21). The zero-order valence-corrected chi connectivity index (χ0v) is 11.7. The van der Waals surface area contributed by atoms with Crippen molar-refractivity contribution in [1.82, 2.24) is 10.2 Å². The van der Waals surface area contributed by atoms with Gasteiger partial charge in [-0.05, 0) is 37.5 Å². The van der Waals surface area contributed by atoms with Gasteiger partial charge in [0.05, 0.1) is 11.6 Å². The topological polar surface area (TPSA) is 99.2 Å². The van der Waals surface area contributed by atoms with Gasteiger partial charge in [-0.1, -0.05) is 6.07 Å². The van der Waals surface area contributed by atoms with Crippen LogP contribution in [0.3, 0.4) is 0 Å². The number of carbonyl (C=O) groups excluding carboxylic acids is 2. The number of nitrogens with two attached hydrogens (primary N) is 1. The number of urea groups is 1. The van der Waals surface area contributed by atoms with E-state index in [4.69, 9.17) is 11.0 Å². The number of nitrogens with zero attached hydrogens (tertiary/aromatic N) is 2. The molecule has 6 heteroatoms. The summed E-state index contributed by atoms with van der Waals surface area (Å²) < 4.78 is 0. The number of likely N-dealkylation sites (tertiary alicyclic amines) is 1. The maximum Gasteiger partial charge on any atom is 0.312 e. The number of nitrogens with one attached hydrogen (secondary N) is 1. The van der Waals surface area contributed by atoms with E-state index in [1.54, 1.807) is 29.2 Å². The van der Waals surface area contributed by atoms with Gasteiger partial charge >= 0.3 is 6.03 Å². The normalized spacial score (nSPS) is 17.9. The number of primary amides is 1. The summed E-state index contributed by atoms with van der Waals surface area (Å²) in [6.07, 6.45) is 2.80. The van der Waals surface area contributed by atoms with Crippen molar-refractivity contribution in [3.8, 4) is 6.07 Å². The lowest BCUT2D eigenvalue weighted by atomic mass is 10.00. The molecule has 110 valence electrons. The first-order chi connectivity index (χ1) is 10.1. The van der Waals surface area contributed by atoms with Crippen molar-refractivity contribution in [1.29, 1.82) is 5.26 Å². The second-order valence-electron chi connectivity index (χ2n) is 5.09. The van der Waals surface area contributed by atoms with Gasteiger partial charge in [0.15, 0.2) is 0 Å². The summed E-state index contributed by atoms with van der Waals surface area (Å²) in [6, 6.07) is 8.06. The van der Waals surface area contributed by atoms with Crippen molar-refractivity contribution in [3.63, 3.8) is 0 Å². The molecule has 3 N–H and O–H groups in total. The fraction of sp³-hybridized carbons (Fsp3) is 0.400. The number of carbonyl (C=O) groups is 2. The molecule has 0 saturated carbocycles. The van der Waals surface area contributed by atoms with Crippen molar-refractivity contribution >= 4 is 11.9 Å². The molecule has 21 heavy (non-hydrogen) atoms. The van der Waals surface area contributed by atoms with E-state index in [1.807, 2.05) is 6.07 Å². The minimum atomic E-state index is -0.584. The van der Waals surface area contributed by atoms with Gasteiger partial charge in [0.25, 0.3) is 5.91 Å². The Morgan fingerprint density at radius 1 is 1.43 bits per heavy atom. The molecule has 6 nitrogen and oxygen atoms in total. The Morgan fingerprint density at radius 2 is 2.24 bits per heavy atom. The van der Waals surface area contributed by atoms with E-state index in [-0.39, 0.29) is 11.9 Å². The third kappa shape index (κ3) is 3.72. The molecule has 1 aromatic rings. The number of amides is 3. The molecule has 3 amide bonds. The average Bonchev–Trinajstić information content (AvgIpc) is 2.52. The van der Waals surface area contributed by atoms with Crippen LogP contribution < -0.4 is 11.1 Å². The Labute approximate surface area is 123 Å². The monoisotopic (exact) mass is 286 g/mol. The molecule has 0 bridgehead atoms. The molecule has 1 aliphatic heterocycles. The highest BCUT2D eigenvalue weighted by Crippen LogP contribution is 2.19. The van der Waals surface area contributed by atoms with Crippen molar-refractivity contribution in [2.24, 2.45) is 5.73 Å². The van der Waals surface area contributed by atoms with E-state index in [1.165, 1.54) is 0 Å². The maximum absolute atomic E-state index is 12.6. The zero-order chi connectivity index (χ0) is 15.2. The third-order valence-electron chi connectivity index (χ3n) is 3.64. The Morgan fingerprint density at radius 3 is 2.95 bits per heavy atom. The Kier molecular flexibility index (Phi) is 4.77. The summed E-state index contributed by atoms with van der Waals surface area (Å²) in [5.41, 5.74) is 6.05. The summed E-state index contributed by atoms with van der Waals surface area (Å²) in [5, 5.41) is 11.5. The first-order valence-electron chi connectivity index (χ1n) is 6.96. The second kappa shape index (κ2) is 6.75. The van der Waals surface area contributed by atoms with Gasteiger partial charge in [-0.25, -0.2) is 4.79 Å². The fourth-order valence-corrected chi connectivity index (χ4v) is 2.59. The second-order valence-corrected chi connectivity index (χ2v) is 5.09. The van der Waals surface area contributed by atoms with Gasteiger partial charge < -0.3 is 16.0 Å². The van der Waals surface area contributed by atoms with Crippen molar-refractivity contribution in [2.75, 3.05) is 13.1 Å². The first-order valence-corrected chi connectivity index (χ1v) is 6.96. The summed E-state index contributed by atoms with van der Waals surface area (Å²) in [5.74, 6) is -0.108. The molecule has 1 unspecified atom stereocenters. The molecule has 2 rings (SSSR count). The van der Waals surface area contributed by atoms with E-state index < -0.39 is 6.03 Å². The highest BCUT2D eigenvalue weighted by Gasteiger charge is 2.27. The highest BCUT2D eigenvalue weighted by atomic mass is 16.2. The predicted octanol–water partition coefficient (Wildman–Crippen LogP) is 1.22. The predicted molar refractivity (Wildman–Crippen MR) is 77.4 cm³/mol. The van der Waals surface area contributed by atoms with Crippen LogP contribution >= 0.6 is 0 Å². The SMILES string of the molecule is N#Cc1cccc(C(=O)N2CCCCC2CNC(N)=O)c1. The summed E-state index contributed by atoms with van der Waals surface area (Å²) in [7, 11) is 0. The smallest absolute Gasteiger partial charge is 0.312 e. The Bertz CT molecular complexity index is 579. The molecule has 1 heterocycles. The molecular weight excluding hydrogens is 268 g/mol. The number of hydrogen-bond donors (Lipinski definition) is 2. The number of nitriles is 1. The van der Waals surface area contributed by atoms with Crippen molar-refractivity contribution in [3.05, 3.63) is 35.4 Å². The maximum atomic E-state index is 12.6. The first kappa shape index (κ1) is 14.9. The average molecular weight is 286 g/mol. The quantitative estimate of drug-likeness (QED) is 0.873. The zero-order valence-electron chi connectivity index (χ0n) is 11.7. The van der Waals surface area contributed by atoms with Crippen LogP contribution in [0, 0.1) is 11.3 Å². The van der Waals surface area contributed by atoms with E-state index >= 15 is 0 Å². The van der Waals surface area contributed by atoms with Crippen LogP contribution in [0.5, 0.6) is 0 Å². The summed E-state index contributed by atoms with van der Waals surface area (Å²) in [4.78, 5) is 25.2. The summed E-state index contributed by atoms with van der Waals surface area (Å²) in [6.45, 7) is 1.01. The number of hydrogen-bond acceptors (Lipinski definition) is 3. The van der Waals surface area contributed by atoms with E-state index in [9.17, 15) is 9.59 Å². The molecule has 1 aliphatic rings. The van der Waals surface area contributed by atoms with Gasteiger partial charge in [0.2, 0.25) is 0 Å². The minimum Gasteiger partial charge on any atom is -0.352 e. The van der Waals surface area contributed by atoms with Crippen molar-refractivity contribution < 1.29 is 9.59 Å². The number of piperidine rings is 1. The highest BCUT2D eigenvalue weighted by molar-refractivity contribution is 5.94. The van der Waals surface area contributed by atoms with Gasteiger partial charge in [0.1, 0.15) is 0 Å². The van der Waals surface area contributed by atoms with Crippen LogP contribution in [0.4, 0.5) is 4.79 Å². The lowest BCUT2D eigenvalue weighted by Gasteiger charge is -2.35. The lowest BCUT2D eigenvalue weighted by molar-refractivity contribution is 0.0615. The molecule has 1 atom stereocenters. The number of benzene rings is 1. The third-order valence-corrected chi connectivity index (χ3v) is 3.64. The van der Waals surface area contributed by atoms with Crippen LogP contribution in [0.15, 0.2) is 24.3 Å². The molecule has 0 aromatic heterocycles. The van der Waals surface area contributed by atoms with Crippen molar-refractivity contribution in [2.45, 2.75) is 25.3 Å². The van der Waals surface area contributed by atoms with Crippen LogP contribution in [-0.2, 0) is 0 Å². The molecule has 1 fully saturated rings. The minimum absolute atomic E-state index is 0.0514. The molecule has 1 aromatic carbocycles. The molecule has 0 aliphatic carbocycles. The molecular formula is C15H18N4O2. The Hall–Kier alpha value is -2.55. The van der Waals surface area contributed by atoms with E-state index in [0.717, 1.165) is 19.3 Å². The molecule has 0 radical (unpaired) electrons. The van der Waals surface area contributed by atoms with E-state index in [2.05, 4.69) is 5.32 Å². The summed E-state index contributed by atoms with van der Waals surface area (Å²) >= 11 is 0. The van der Waals surface area contributed by atoms with Gasteiger partial charge in [-0.3, -0.25) is 4.79 Å². The Balaban J connectivity index is 2.14. The van der Waals surface area contributed by atoms with Crippen LogP contribution in [-0.4, -0.2) is 36.0 Å². The molecule has 0 spiro atoms. The van der Waals surface area contributed by atoms with Gasteiger partial charge in [0, 0.05) is 24.7 Å². The van der Waals surface area contributed by atoms with Crippen LogP contribution in [0.2, 0.25) is 0 Å². The van der Waals surface area contributed by atoms with Crippen LogP contribution in [0.25, 0.3) is 0 Å². The van der Waals surface area contributed by atoms with Gasteiger partial charge in [-0.15, -0.1) is 0 Å². The largest absolute Gasteiger partial charge is 0.352 e. The van der Waals surface area contributed by atoms with Gasteiger partial charge in [-0.2, -0.15) is 5.26 Å². The number of rotatable bonds is 3. The van der Waals surface area contributed by atoms with Crippen LogP contribution in [0.1, 0.15) is 35.2 Å².